The van der Waals surface area contributed by atoms with E-state index in [1.54, 1.807) is 20.0 Å². The van der Waals surface area contributed by atoms with E-state index in [0.717, 1.165) is 0 Å². The Morgan fingerprint density at radius 2 is 2.15 bits per heavy atom. The number of halogens is 2. The topological polar surface area (TPSA) is 46.1 Å². The van der Waals surface area contributed by atoms with E-state index in [4.69, 9.17) is 11.6 Å². The summed E-state index contributed by atoms with van der Waals surface area (Å²) in [7, 11) is 1.57. The van der Waals surface area contributed by atoms with Crippen molar-refractivity contribution in [1.29, 1.82) is 0 Å². The van der Waals surface area contributed by atoms with Crippen molar-refractivity contribution in [3.8, 4) is 0 Å². The summed E-state index contributed by atoms with van der Waals surface area (Å²) < 4.78 is 13.7. The molecular weight excluding hydrogens is 281 g/mol. The number of aromatic nitrogens is 2. The number of benzene rings is 1. The van der Waals surface area contributed by atoms with Gasteiger partial charge in [0.15, 0.2) is 0 Å². The van der Waals surface area contributed by atoms with Crippen LogP contribution >= 0.6 is 11.6 Å². The Kier molecular flexibility index (Phi) is 4.29. The maximum absolute atomic E-state index is 13.7. The van der Waals surface area contributed by atoms with E-state index in [0.29, 0.717) is 10.8 Å². The molecule has 0 saturated heterocycles. The first-order chi connectivity index (χ1) is 9.49. The van der Waals surface area contributed by atoms with E-state index < -0.39 is 5.82 Å². The van der Waals surface area contributed by atoms with Crippen LogP contribution in [0, 0.1) is 12.7 Å². The Bertz CT molecular complexity index is 628. The molecule has 0 spiro atoms. The van der Waals surface area contributed by atoms with Gasteiger partial charge in [0.05, 0.1) is 6.54 Å². The first kappa shape index (κ1) is 14.4. The minimum absolute atomic E-state index is 0.0768. The van der Waals surface area contributed by atoms with Gasteiger partial charge >= 0.3 is 0 Å². The standard InChI is InChI=1S/C14H13ClFN3O/c1-9-17-7-6-13(18-9)14(20)19(2)8-10-11(15)4-3-5-12(10)16/h3-7H,8H2,1-2H3. The van der Waals surface area contributed by atoms with E-state index in [1.807, 2.05) is 0 Å². The van der Waals surface area contributed by atoms with E-state index in [1.165, 1.54) is 29.3 Å². The van der Waals surface area contributed by atoms with Gasteiger partial charge < -0.3 is 4.90 Å². The Morgan fingerprint density at radius 3 is 2.80 bits per heavy atom. The molecule has 0 aliphatic carbocycles. The van der Waals surface area contributed by atoms with Crippen molar-refractivity contribution < 1.29 is 9.18 Å². The highest BCUT2D eigenvalue weighted by molar-refractivity contribution is 6.31. The maximum Gasteiger partial charge on any atom is 0.272 e. The lowest BCUT2D eigenvalue weighted by atomic mass is 10.2. The number of nitrogens with zero attached hydrogens (tertiary/aromatic N) is 3. The number of carbonyl (C=O) groups is 1. The van der Waals surface area contributed by atoms with Crippen LogP contribution in [0.2, 0.25) is 5.02 Å². The number of rotatable bonds is 3. The fourth-order valence-corrected chi connectivity index (χ4v) is 1.99. The smallest absolute Gasteiger partial charge is 0.272 e. The van der Waals surface area contributed by atoms with Crippen molar-refractivity contribution in [1.82, 2.24) is 14.9 Å². The van der Waals surface area contributed by atoms with Gasteiger partial charge in [-0.3, -0.25) is 4.79 Å². The molecule has 104 valence electrons. The van der Waals surface area contributed by atoms with Gasteiger partial charge in [-0.2, -0.15) is 0 Å². The van der Waals surface area contributed by atoms with Gasteiger partial charge in [-0.05, 0) is 25.1 Å². The average Bonchev–Trinajstić information content (AvgIpc) is 2.42. The summed E-state index contributed by atoms with van der Waals surface area (Å²) >= 11 is 5.95. The van der Waals surface area contributed by atoms with Crippen LogP contribution in [-0.2, 0) is 6.54 Å². The molecule has 1 heterocycles. The fraction of sp³-hybridized carbons (Fsp3) is 0.214. The highest BCUT2D eigenvalue weighted by Gasteiger charge is 2.17. The monoisotopic (exact) mass is 293 g/mol. The van der Waals surface area contributed by atoms with Crippen molar-refractivity contribution >= 4 is 17.5 Å². The zero-order chi connectivity index (χ0) is 14.7. The molecule has 0 aliphatic heterocycles. The number of hydrogen-bond donors (Lipinski definition) is 0. The predicted molar refractivity (Wildman–Crippen MR) is 74.0 cm³/mol. The van der Waals surface area contributed by atoms with Gasteiger partial charge in [0.25, 0.3) is 5.91 Å². The van der Waals surface area contributed by atoms with Gasteiger partial charge in [0.2, 0.25) is 0 Å². The highest BCUT2D eigenvalue weighted by Crippen LogP contribution is 2.20. The summed E-state index contributed by atoms with van der Waals surface area (Å²) in [6.07, 6.45) is 1.51. The molecule has 6 heteroatoms. The number of aryl methyl sites for hydroxylation is 1. The van der Waals surface area contributed by atoms with Gasteiger partial charge in [-0.15, -0.1) is 0 Å². The summed E-state index contributed by atoms with van der Waals surface area (Å²) in [5.74, 6) is -0.237. The molecule has 0 atom stereocenters. The Balaban J connectivity index is 2.20. The third-order valence-corrected chi connectivity index (χ3v) is 3.15. The second-order valence-electron chi connectivity index (χ2n) is 4.35. The molecule has 0 bridgehead atoms. The van der Waals surface area contributed by atoms with Crippen LogP contribution in [-0.4, -0.2) is 27.8 Å². The minimum Gasteiger partial charge on any atom is -0.336 e. The first-order valence-electron chi connectivity index (χ1n) is 5.97. The van der Waals surface area contributed by atoms with E-state index in [9.17, 15) is 9.18 Å². The Labute approximate surface area is 121 Å². The number of carbonyl (C=O) groups excluding carboxylic acids is 1. The van der Waals surface area contributed by atoms with Crippen LogP contribution < -0.4 is 0 Å². The minimum atomic E-state index is -0.434. The molecule has 2 aromatic rings. The van der Waals surface area contributed by atoms with E-state index in [-0.39, 0.29) is 23.7 Å². The maximum atomic E-state index is 13.7. The van der Waals surface area contributed by atoms with Crippen LogP contribution in [0.15, 0.2) is 30.5 Å². The van der Waals surface area contributed by atoms with Crippen molar-refractivity contribution in [2.45, 2.75) is 13.5 Å². The molecule has 0 radical (unpaired) electrons. The van der Waals surface area contributed by atoms with Crippen LogP contribution in [0.25, 0.3) is 0 Å². The van der Waals surface area contributed by atoms with Gasteiger partial charge in [0, 0.05) is 23.8 Å². The van der Waals surface area contributed by atoms with Crippen molar-refractivity contribution in [3.05, 3.63) is 58.4 Å². The second kappa shape index (κ2) is 5.96. The lowest BCUT2D eigenvalue weighted by molar-refractivity contribution is 0.0777. The molecule has 1 aromatic carbocycles. The normalized spacial score (nSPS) is 10.4. The lowest BCUT2D eigenvalue weighted by Crippen LogP contribution is -2.27. The SMILES string of the molecule is Cc1nccc(C(=O)N(C)Cc2c(F)cccc2Cl)n1. The summed E-state index contributed by atoms with van der Waals surface area (Å²) in [4.78, 5) is 21.5. The zero-order valence-corrected chi connectivity index (χ0v) is 11.9. The van der Waals surface area contributed by atoms with Gasteiger partial charge in [-0.25, -0.2) is 14.4 Å². The second-order valence-corrected chi connectivity index (χ2v) is 4.76. The highest BCUT2D eigenvalue weighted by atomic mass is 35.5. The van der Waals surface area contributed by atoms with Crippen LogP contribution in [0.4, 0.5) is 4.39 Å². The van der Waals surface area contributed by atoms with E-state index in [2.05, 4.69) is 9.97 Å². The average molecular weight is 294 g/mol. The van der Waals surface area contributed by atoms with Crippen molar-refractivity contribution in [2.24, 2.45) is 0 Å². The number of amides is 1. The Morgan fingerprint density at radius 1 is 1.40 bits per heavy atom. The van der Waals surface area contributed by atoms with Gasteiger partial charge in [-0.1, -0.05) is 17.7 Å². The number of hydrogen-bond acceptors (Lipinski definition) is 3. The first-order valence-corrected chi connectivity index (χ1v) is 6.35. The van der Waals surface area contributed by atoms with Crippen molar-refractivity contribution in [3.63, 3.8) is 0 Å². The molecule has 2 rings (SSSR count). The molecular formula is C14H13ClFN3O. The largest absolute Gasteiger partial charge is 0.336 e. The quantitative estimate of drug-likeness (QED) is 0.874. The van der Waals surface area contributed by atoms with Crippen molar-refractivity contribution in [2.75, 3.05) is 7.05 Å². The molecule has 1 aromatic heterocycles. The molecule has 0 N–H and O–H groups in total. The van der Waals surface area contributed by atoms with Crippen LogP contribution in [0.3, 0.4) is 0 Å². The predicted octanol–water partition coefficient (Wildman–Crippen LogP) is 2.85. The summed E-state index contributed by atoms with van der Waals surface area (Å²) in [5, 5.41) is 0.295. The Hall–Kier alpha value is -2.01. The molecule has 0 unspecified atom stereocenters. The third kappa shape index (κ3) is 3.11. The summed E-state index contributed by atoms with van der Waals surface area (Å²) in [6.45, 7) is 1.78. The summed E-state index contributed by atoms with van der Waals surface area (Å²) in [5.41, 5.74) is 0.559. The summed E-state index contributed by atoms with van der Waals surface area (Å²) in [6, 6.07) is 5.95. The zero-order valence-electron chi connectivity index (χ0n) is 11.1. The third-order valence-electron chi connectivity index (χ3n) is 2.80. The molecule has 0 fully saturated rings. The molecule has 1 amide bonds. The van der Waals surface area contributed by atoms with Gasteiger partial charge in [0.1, 0.15) is 17.3 Å². The molecule has 20 heavy (non-hydrogen) atoms. The van der Waals surface area contributed by atoms with Crippen LogP contribution in [0.1, 0.15) is 21.9 Å². The van der Waals surface area contributed by atoms with E-state index >= 15 is 0 Å². The molecule has 4 nitrogen and oxygen atoms in total. The van der Waals surface area contributed by atoms with Crippen LogP contribution in [0.5, 0.6) is 0 Å². The fourth-order valence-electron chi connectivity index (χ4n) is 1.76. The lowest BCUT2D eigenvalue weighted by Gasteiger charge is -2.18. The molecule has 0 aliphatic rings. The molecule has 0 saturated carbocycles.